The number of rotatable bonds is 6. The van der Waals surface area contributed by atoms with Gasteiger partial charge in [0.25, 0.3) is 0 Å². The number of esters is 1. The van der Waals surface area contributed by atoms with Crippen molar-refractivity contribution in [1.82, 2.24) is 4.72 Å². The normalized spacial score (nSPS) is 12.6. The number of sulfonamides is 1. The molecule has 0 aliphatic heterocycles. The van der Waals surface area contributed by atoms with E-state index in [1.807, 2.05) is 6.07 Å². The zero-order chi connectivity index (χ0) is 16.9. The summed E-state index contributed by atoms with van der Waals surface area (Å²) in [6, 6.07) is 12.8. The number of hydrogen-bond acceptors (Lipinski definition) is 4. The van der Waals surface area contributed by atoms with Crippen LogP contribution in [0.3, 0.4) is 0 Å². The number of hydrogen-bond donors (Lipinski definition) is 1. The summed E-state index contributed by atoms with van der Waals surface area (Å²) in [4.78, 5) is 11.4. The van der Waals surface area contributed by atoms with Crippen molar-refractivity contribution in [3.8, 4) is 0 Å². The summed E-state index contributed by atoms with van der Waals surface area (Å²) in [5.74, 6) is -1.63. The van der Waals surface area contributed by atoms with Crippen molar-refractivity contribution < 1.29 is 22.3 Å². The molecule has 0 heterocycles. The Balaban J connectivity index is 1.99. The molecule has 5 nitrogen and oxygen atoms in total. The Bertz CT molecular complexity index is 778. The van der Waals surface area contributed by atoms with E-state index < -0.39 is 32.7 Å². The maximum absolute atomic E-state index is 13.6. The molecule has 2 rings (SSSR count). The van der Waals surface area contributed by atoms with Crippen LogP contribution in [0, 0.1) is 5.82 Å². The number of nitrogens with one attached hydrogen (secondary N) is 1. The molecular weight excluding hydrogens is 321 g/mol. The summed E-state index contributed by atoms with van der Waals surface area (Å²) in [6.07, 6.45) is 0. The van der Waals surface area contributed by atoms with Crippen LogP contribution < -0.4 is 4.72 Å². The van der Waals surface area contributed by atoms with Gasteiger partial charge in [0.15, 0.2) is 0 Å². The van der Waals surface area contributed by atoms with Crippen LogP contribution in [0.25, 0.3) is 0 Å². The zero-order valence-corrected chi connectivity index (χ0v) is 13.2. The fraction of sp³-hybridized carbons (Fsp3) is 0.188. The standard InChI is InChI=1S/C16H16FNO4S/c1-12(16(19)22-11-13-7-3-2-4-8-13)18-23(20,21)15-10-6-5-9-14(15)17/h2-10,12,18H,11H2,1H3/t12-/m0/s1. The Kier molecular flexibility index (Phi) is 5.46. The van der Waals surface area contributed by atoms with Crippen molar-refractivity contribution in [2.24, 2.45) is 0 Å². The Morgan fingerprint density at radius 1 is 1.13 bits per heavy atom. The number of benzene rings is 2. The van der Waals surface area contributed by atoms with Gasteiger partial charge < -0.3 is 4.74 Å². The van der Waals surface area contributed by atoms with E-state index in [1.54, 1.807) is 24.3 Å². The topological polar surface area (TPSA) is 72.5 Å². The van der Waals surface area contributed by atoms with E-state index in [9.17, 15) is 17.6 Å². The van der Waals surface area contributed by atoms with E-state index in [2.05, 4.69) is 4.72 Å². The Labute approximate surface area is 134 Å². The molecule has 2 aromatic rings. The predicted molar refractivity (Wildman–Crippen MR) is 82.4 cm³/mol. The van der Waals surface area contributed by atoms with Crippen LogP contribution >= 0.6 is 0 Å². The minimum absolute atomic E-state index is 0.0332. The van der Waals surface area contributed by atoms with Gasteiger partial charge in [0.2, 0.25) is 10.0 Å². The van der Waals surface area contributed by atoms with E-state index in [-0.39, 0.29) is 6.61 Å². The molecule has 0 unspecified atom stereocenters. The van der Waals surface area contributed by atoms with Gasteiger partial charge in [0, 0.05) is 0 Å². The number of carbonyl (C=O) groups is 1. The first-order chi connectivity index (χ1) is 10.9. The second-order valence-corrected chi connectivity index (χ2v) is 6.55. The van der Waals surface area contributed by atoms with Gasteiger partial charge in [-0.3, -0.25) is 4.79 Å². The van der Waals surface area contributed by atoms with Crippen LogP contribution in [0.5, 0.6) is 0 Å². The first-order valence-electron chi connectivity index (χ1n) is 6.87. The predicted octanol–water partition coefficient (Wildman–Crippen LogP) is 2.24. The smallest absolute Gasteiger partial charge is 0.324 e. The first kappa shape index (κ1) is 17.1. The van der Waals surface area contributed by atoms with Gasteiger partial charge in [0.05, 0.1) is 0 Å². The highest BCUT2D eigenvalue weighted by Crippen LogP contribution is 2.14. The van der Waals surface area contributed by atoms with Gasteiger partial charge in [-0.05, 0) is 24.6 Å². The fourth-order valence-electron chi connectivity index (χ4n) is 1.86. The summed E-state index contributed by atoms with van der Waals surface area (Å²) in [6.45, 7) is 1.37. The maximum atomic E-state index is 13.6. The van der Waals surface area contributed by atoms with E-state index in [0.29, 0.717) is 0 Å². The third-order valence-electron chi connectivity index (χ3n) is 3.04. The summed E-state index contributed by atoms with van der Waals surface area (Å²) in [5, 5.41) is 0. The molecule has 0 radical (unpaired) electrons. The van der Waals surface area contributed by atoms with E-state index in [1.165, 1.54) is 19.1 Å². The highest BCUT2D eigenvalue weighted by atomic mass is 32.2. The number of halogens is 1. The second kappa shape index (κ2) is 7.34. The minimum Gasteiger partial charge on any atom is -0.460 e. The third-order valence-corrected chi connectivity index (χ3v) is 4.61. The third kappa shape index (κ3) is 4.61. The largest absolute Gasteiger partial charge is 0.460 e. The van der Waals surface area contributed by atoms with Gasteiger partial charge >= 0.3 is 5.97 Å². The Morgan fingerprint density at radius 3 is 2.39 bits per heavy atom. The fourth-order valence-corrected chi connectivity index (χ4v) is 3.13. The summed E-state index contributed by atoms with van der Waals surface area (Å²) < 4.78 is 44.9. The van der Waals surface area contributed by atoms with Crippen LogP contribution in [0.1, 0.15) is 12.5 Å². The van der Waals surface area contributed by atoms with Crippen molar-refractivity contribution in [3.63, 3.8) is 0 Å². The molecule has 0 saturated carbocycles. The van der Waals surface area contributed by atoms with Crippen molar-refractivity contribution in [2.75, 3.05) is 0 Å². The molecule has 2 aromatic carbocycles. The first-order valence-corrected chi connectivity index (χ1v) is 8.36. The van der Waals surface area contributed by atoms with Crippen LogP contribution in [0.15, 0.2) is 59.5 Å². The molecule has 1 atom stereocenters. The maximum Gasteiger partial charge on any atom is 0.324 e. The minimum atomic E-state index is -4.14. The van der Waals surface area contributed by atoms with Gasteiger partial charge in [-0.25, -0.2) is 12.8 Å². The Morgan fingerprint density at radius 2 is 1.74 bits per heavy atom. The number of ether oxygens (including phenoxy) is 1. The molecule has 1 N–H and O–H groups in total. The molecule has 0 amide bonds. The van der Waals surface area contributed by atoms with Gasteiger partial charge in [0.1, 0.15) is 23.4 Å². The van der Waals surface area contributed by atoms with Crippen molar-refractivity contribution in [3.05, 3.63) is 66.0 Å². The van der Waals surface area contributed by atoms with Crippen LogP contribution in [0.4, 0.5) is 4.39 Å². The lowest BCUT2D eigenvalue weighted by Crippen LogP contribution is -2.39. The summed E-state index contributed by atoms with van der Waals surface area (Å²) in [7, 11) is -4.14. The highest BCUT2D eigenvalue weighted by Gasteiger charge is 2.25. The van der Waals surface area contributed by atoms with Crippen LogP contribution in [0.2, 0.25) is 0 Å². The van der Waals surface area contributed by atoms with E-state index in [0.717, 1.165) is 17.7 Å². The molecule has 0 spiro atoms. The lowest BCUT2D eigenvalue weighted by atomic mass is 10.2. The highest BCUT2D eigenvalue weighted by molar-refractivity contribution is 7.89. The molecule has 0 aliphatic carbocycles. The van der Waals surface area contributed by atoms with E-state index >= 15 is 0 Å². The lowest BCUT2D eigenvalue weighted by molar-refractivity contribution is -0.146. The van der Waals surface area contributed by atoms with Gasteiger partial charge in [-0.1, -0.05) is 42.5 Å². The van der Waals surface area contributed by atoms with Crippen molar-refractivity contribution in [2.45, 2.75) is 24.5 Å². The molecule has 0 aliphatic rings. The number of carbonyl (C=O) groups excluding carboxylic acids is 1. The molecular formula is C16H16FNO4S. The molecule has 23 heavy (non-hydrogen) atoms. The van der Waals surface area contributed by atoms with Gasteiger partial charge in [-0.15, -0.1) is 0 Å². The van der Waals surface area contributed by atoms with Crippen molar-refractivity contribution in [1.29, 1.82) is 0 Å². The SMILES string of the molecule is C[C@H](NS(=O)(=O)c1ccccc1F)C(=O)OCc1ccccc1. The molecule has 0 saturated heterocycles. The Hall–Kier alpha value is -2.25. The summed E-state index contributed by atoms with van der Waals surface area (Å²) >= 11 is 0. The van der Waals surface area contributed by atoms with Crippen LogP contribution in [-0.4, -0.2) is 20.4 Å². The zero-order valence-electron chi connectivity index (χ0n) is 12.4. The lowest BCUT2D eigenvalue weighted by Gasteiger charge is -2.14. The molecule has 122 valence electrons. The average Bonchev–Trinajstić information content (AvgIpc) is 2.53. The molecule has 0 fully saturated rings. The van der Waals surface area contributed by atoms with Gasteiger partial charge in [-0.2, -0.15) is 4.72 Å². The van der Waals surface area contributed by atoms with E-state index in [4.69, 9.17) is 4.74 Å². The summed E-state index contributed by atoms with van der Waals surface area (Å²) in [5.41, 5.74) is 0.782. The molecule has 7 heteroatoms. The van der Waals surface area contributed by atoms with Crippen LogP contribution in [-0.2, 0) is 26.2 Å². The second-order valence-electron chi connectivity index (χ2n) is 4.87. The monoisotopic (exact) mass is 337 g/mol. The average molecular weight is 337 g/mol. The quantitative estimate of drug-likeness (QED) is 0.821. The molecule has 0 aromatic heterocycles. The van der Waals surface area contributed by atoms with Crippen molar-refractivity contribution >= 4 is 16.0 Å². The molecule has 0 bridgehead atoms.